The molecule has 2 aromatic heterocycles. The van der Waals surface area contributed by atoms with Crippen LogP contribution < -0.4 is 15.4 Å². The summed E-state index contributed by atoms with van der Waals surface area (Å²) in [5, 5.41) is 7.61. The number of aryl methyl sites for hydroxylation is 1. The Morgan fingerprint density at radius 1 is 0.950 bits per heavy atom. The number of nitrogens with zero attached hydrogens (tertiary/aromatic N) is 1. The molecule has 6 rings (SSSR count). The smallest absolute Gasteiger partial charge is 0.410 e. The van der Waals surface area contributed by atoms with Crippen LogP contribution in [0, 0.1) is 6.92 Å². The number of aromatic amines is 1. The van der Waals surface area contributed by atoms with Gasteiger partial charge >= 0.3 is 6.09 Å². The number of anilines is 1. The van der Waals surface area contributed by atoms with Gasteiger partial charge in [-0.2, -0.15) is 0 Å². The van der Waals surface area contributed by atoms with Gasteiger partial charge in [-0.1, -0.05) is 42.5 Å². The zero-order chi connectivity index (χ0) is 27.5. The van der Waals surface area contributed by atoms with E-state index >= 15 is 0 Å². The number of benzene rings is 4. The van der Waals surface area contributed by atoms with E-state index in [-0.39, 0.29) is 12.3 Å². The number of rotatable bonds is 7. The molecule has 0 aliphatic rings. The van der Waals surface area contributed by atoms with Crippen LogP contribution >= 0.6 is 11.3 Å². The second-order valence-electron chi connectivity index (χ2n) is 9.52. The summed E-state index contributed by atoms with van der Waals surface area (Å²) in [6.07, 6.45) is 1.44. The molecule has 0 saturated heterocycles. The molecule has 6 aromatic rings. The molecule has 0 spiro atoms. The normalized spacial score (nSPS) is 11.8. The van der Waals surface area contributed by atoms with Gasteiger partial charge in [0.25, 0.3) is 0 Å². The summed E-state index contributed by atoms with van der Waals surface area (Å²) in [6.45, 7) is 2.07. The lowest BCUT2D eigenvalue weighted by atomic mass is 10.0. The summed E-state index contributed by atoms with van der Waals surface area (Å²) in [7, 11) is 0. The maximum atomic E-state index is 13.5. The summed E-state index contributed by atoms with van der Waals surface area (Å²) in [5.41, 5.74) is 5.63. The molecule has 0 aliphatic heterocycles. The van der Waals surface area contributed by atoms with Crippen LogP contribution in [-0.4, -0.2) is 28.0 Å². The van der Waals surface area contributed by atoms with E-state index < -0.39 is 12.1 Å². The SMILES string of the molecule is Cc1ccc2nc(-c3ccc(NC(=O)C(Cc4c[nH]c5ccccc45)NC(=O)Oc4ccccc4)cc3)sc2c1. The first-order chi connectivity index (χ1) is 19.5. The number of fused-ring (bicyclic) bond motifs is 2. The third-order valence-electron chi connectivity index (χ3n) is 6.60. The Morgan fingerprint density at radius 2 is 1.73 bits per heavy atom. The fourth-order valence-corrected chi connectivity index (χ4v) is 5.65. The van der Waals surface area contributed by atoms with E-state index in [1.54, 1.807) is 35.6 Å². The average molecular weight is 547 g/mol. The van der Waals surface area contributed by atoms with Gasteiger partial charge in [0.2, 0.25) is 5.91 Å². The third-order valence-corrected chi connectivity index (χ3v) is 7.67. The van der Waals surface area contributed by atoms with Gasteiger partial charge in [-0.15, -0.1) is 11.3 Å². The lowest BCUT2D eigenvalue weighted by Gasteiger charge is -2.18. The van der Waals surface area contributed by atoms with Gasteiger partial charge < -0.3 is 20.4 Å². The van der Waals surface area contributed by atoms with Crippen molar-refractivity contribution in [1.29, 1.82) is 0 Å². The number of hydrogen-bond acceptors (Lipinski definition) is 5. The Labute approximate surface area is 234 Å². The van der Waals surface area contributed by atoms with Gasteiger partial charge in [-0.3, -0.25) is 4.79 Å². The lowest BCUT2D eigenvalue weighted by Crippen LogP contribution is -2.46. The maximum Gasteiger partial charge on any atom is 0.413 e. The van der Waals surface area contributed by atoms with Crippen molar-refractivity contribution in [3.63, 3.8) is 0 Å². The van der Waals surface area contributed by atoms with Crippen LogP contribution in [0.25, 0.3) is 31.7 Å². The molecular weight excluding hydrogens is 520 g/mol. The molecule has 4 aromatic carbocycles. The predicted molar refractivity (Wildman–Crippen MR) is 160 cm³/mol. The predicted octanol–water partition coefficient (Wildman–Crippen LogP) is 7.09. The second kappa shape index (κ2) is 11.0. The van der Waals surface area contributed by atoms with Crippen LogP contribution in [0.2, 0.25) is 0 Å². The molecule has 0 radical (unpaired) electrons. The number of amides is 2. The summed E-state index contributed by atoms with van der Waals surface area (Å²) < 4.78 is 6.55. The molecule has 0 saturated carbocycles. The molecule has 1 atom stereocenters. The first-order valence-corrected chi connectivity index (χ1v) is 13.7. The fraction of sp³-hybridized carbons (Fsp3) is 0.0938. The van der Waals surface area contributed by atoms with E-state index in [0.29, 0.717) is 11.4 Å². The van der Waals surface area contributed by atoms with Gasteiger partial charge in [-0.25, -0.2) is 9.78 Å². The van der Waals surface area contributed by atoms with Gasteiger partial charge in [0.1, 0.15) is 16.8 Å². The van der Waals surface area contributed by atoms with Crippen molar-refractivity contribution in [1.82, 2.24) is 15.3 Å². The number of carbonyl (C=O) groups excluding carboxylic acids is 2. The molecule has 0 aliphatic carbocycles. The molecule has 1 unspecified atom stereocenters. The highest BCUT2D eigenvalue weighted by Crippen LogP contribution is 2.31. The van der Waals surface area contributed by atoms with Crippen molar-refractivity contribution in [3.8, 4) is 16.3 Å². The minimum atomic E-state index is -0.873. The molecule has 0 fully saturated rings. The van der Waals surface area contributed by atoms with Crippen molar-refractivity contribution in [3.05, 3.63) is 114 Å². The second-order valence-corrected chi connectivity index (χ2v) is 10.6. The van der Waals surface area contributed by atoms with E-state index in [0.717, 1.165) is 37.3 Å². The fourth-order valence-electron chi connectivity index (χ4n) is 4.58. The quantitative estimate of drug-likeness (QED) is 0.199. The molecule has 2 heterocycles. The Balaban J connectivity index is 1.20. The van der Waals surface area contributed by atoms with Gasteiger partial charge in [0.15, 0.2) is 0 Å². The Kier molecular flexibility index (Phi) is 6.99. The van der Waals surface area contributed by atoms with Crippen molar-refractivity contribution < 1.29 is 14.3 Å². The van der Waals surface area contributed by atoms with Gasteiger partial charge in [0.05, 0.1) is 10.2 Å². The topological polar surface area (TPSA) is 96.1 Å². The van der Waals surface area contributed by atoms with Crippen molar-refractivity contribution in [2.24, 2.45) is 0 Å². The van der Waals surface area contributed by atoms with Gasteiger partial charge in [0, 0.05) is 34.8 Å². The van der Waals surface area contributed by atoms with E-state index in [1.165, 1.54) is 5.56 Å². The third kappa shape index (κ3) is 5.57. The first kappa shape index (κ1) is 25.3. The zero-order valence-corrected chi connectivity index (χ0v) is 22.5. The number of aromatic nitrogens is 2. The minimum absolute atomic E-state index is 0.281. The standard InChI is InChI=1S/C32H26N4O3S/c1-20-11-16-27-29(17-20)40-31(35-27)21-12-14-23(15-13-21)34-30(37)28(36-32(38)39-24-7-3-2-4-8-24)18-22-19-33-26-10-6-5-9-25(22)26/h2-17,19,28,33H,18H2,1H3,(H,34,37)(H,36,38). The Hall–Kier alpha value is -4.95. The van der Waals surface area contributed by atoms with E-state index in [1.807, 2.05) is 66.9 Å². The molecule has 2 amide bonds. The molecule has 3 N–H and O–H groups in total. The average Bonchev–Trinajstić information content (AvgIpc) is 3.57. The number of thiazole rings is 1. The number of para-hydroxylation sites is 2. The molecule has 7 nitrogen and oxygen atoms in total. The first-order valence-electron chi connectivity index (χ1n) is 12.9. The highest BCUT2D eigenvalue weighted by atomic mass is 32.1. The monoisotopic (exact) mass is 546 g/mol. The molecular formula is C32H26N4O3S. The highest BCUT2D eigenvalue weighted by molar-refractivity contribution is 7.21. The number of H-pyrrole nitrogens is 1. The number of hydrogen-bond donors (Lipinski definition) is 3. The number of nitrogens with one attached hydrogen (secondary N) is 3. The molecule has 198 valence electrons. The molecule has 8 heteroatoms. The number of carbonyl (C=O) groups is 2. The summed E-state index contributed by atoms with van der Waals surface area (Å²) >= 11 is 1.64. The minimum Gasteiger partial charge on any atom is -0.410 e. The van der Waals surface area contributed by atoms with E-state index in [2.05, 4.69) is 34.7 Å². The van der Waals surface area contributed by atoms with Gasteiger partial charge in [-0.05, 0) is 72.6 Å². The van der Waals surface area contributed by atoms with Crippen LogP contribution in [0.1, 0.15) is 11.1 Å². The van der Waals surface area contributed by atoms with E-state index in [9.17, 15) is 9.59 Å². The van der Waals surface area contributed by atoms with Crippen LogP contribution in [0.15, 0.2) is 103 Å². The highest BCUT2D eigenvalue weighted by Gasteiger charge is 2.24. The number of ether oxygens (including phenoxy) is 1. The Morgan fingerprint density at radius 3 is 2.55 bits per heavy atom. The van der Waals surface area contributed by atoms with Crippen LogP contribution in [0.4, 0.5) is 10.5 Å². The summed E-state index contributed by atoms with van der Waals surface area (Å²) in [4.78, 5) is 34.2. The van der Waals surface area contributed by atoms with Crippen LogP contribution in [0.5, 0.6) is 5.75 Å². The van der Waals surface area contributed by atoms with Crippen molar-refractivity contribution in [2.45, 2.75) is 19.4 Å². The lowest BCUT2D eigenvalue weighted by molar-refractivity contribution is -0.118. The zero-order valence-electron chi connectivity index (χ0n) is 21.7. The summed E-state index contributed by atoms with van der Waals surface area (Å²) in [5.74, 6) is 0.0466. The maximum absolute atomic E-state index is 13.5. The van der Waals surface area contributed by atoms with Crippen LogP contribution in [-0.2, 0) is 11.2 Å². The van der Waals surface area contributed by atoms with Crippen LogP contribution in [0.3, 0.4) is 0 Å². The van der Waals surface area contributed by atoms with Crippen molar-refractivity contribution in [2.75, 3.05) is 5.32 Å². The largest absolute Gasteiger partial charge is 0.413 e. The molecule has 40 heavy (non-hydrogen) atoms. The van der Waals surface area contributed by atoms with Crippen molar-refractivity contribution >= 4 is 50.1 Å². The Bertz CT molecular complexity index is 1810. The molecule has 0 bridgehead atoms. The summed E-state index contributed by atoms with van der Waals surface area (Å²) in [6, 6.07) is 29.5. The van der Waals surface area contributed by atoms with E-state index in [4.69, 9.17) is 9.72 Å².